The summed E-state index contributed by atoms with van der Waals surface area (Å²) in [6.45, 7) is 6.21. The SMILES string of the molecule is C/C=C\SC(CNC(=O)C(C)C)=NC. The van der Waals surface area contributed by atoms with E-state index in [1.807, 2.05) is 32.3 Å². The molecule has 1 amide bonds. The standard InChI is InChI=1S/C10H18N2OS/c1-5-6-14-9(11-4)7-12-10(13)8(2)3/h5-6,8H,7H2,1-4H3,(H,12,13)/b6-5-,11-9?. The number of carbonyl (C=O) groups excluding carboxylic acids is 1. The third-order valence-electron chi connectivity index (χ3n) is 1.53. The van der Waals surface area contributed by atoms with Crippen LogP contribution in [-0.2, 0) is 4.79 Å². The summed E-state index contributed by atoms with van der Waals surface area (Å²) in [5.74, 6) is 0.0899. The molecule has 4 heteroatoms. The van der Waals surface area contributed by atoms with Crippen LogP contribution in [0, 0.1) is 5.92 Å². The van der Waals surface area contributed by atoms with Crippen molar-refractivity contribution in [1.29, 1.82) is 0 Å². The van der Waals surface area contributed by atoms with Gasteiger partial charge in [-0.2, -0.15) is 0 Å². The Morgan fingerprint density at radius 3 is 2.64 bits per heavy atom. The van der Waals surface area contributed by atoms with Crippen LogP contribution in [0.2, 0.25) is 0 Å². The Balaban J connectivity index is 3.91. The van der Waals surface area contributed by atoms with Crippen LogP contribution in [0.1, 0.15) is 20.8 Å². The van der Waals surface area contributed by atoms with Gasteiger partial charge < -0.3 is 5.32 Å². The normalized spacial score (nSPS) is 12.5. The van der Waals surface area contributed by atoms with Crippen molar-refractivity contribution in [2.45, 2.75) is 20.8 Å². The zero-order valence-corrected chi connectivity index (χ0v) is 10.0. The number of amides is 1. The number of rotatable bonds is 4. The van der Waals surface area contributed by atoms with Crippen LogP contribution in [0.4, 0.5) is 0 Å². The van der Waals surface area contributed by atoms with Crippen LogP contribution in [0.25, 0.3) is 0 Å². The Labute approximate surface area is 90.1 Å². The fraction of sp³-hybridized carbons (Fsp3) is 0.600. The first-order valence-electron chi connectivity index (χ1n) is 4.63. The molecule has 0 fully saturated rings. The molecule has 0 aromatic heterocycles. The molecular weight excluding hydrogens is 196 g/mol. The van der Waals surface area contributed by atoms with E-state index in [1.54, 1.807) is 7.05 Å². The average Bonchev–Trinajstić information content (AvgIpc) is 2.17. The second kappa shape index (κ2) is 7.62. The summed E-state index contributed by atoms with van der Waals surface area (Å²) in [5, 5.41) is 5.68. The molecule has 0 rings (SSSR count). The van der Waals surface area contributed by atoms with Gasteiger partial charge in [-0.05, 0) is 12.3 Å². The van der Waals surface area contributed by atoms with E-state index in [4.69, 9.17) is 0 Å². The zero-order chi connectivity index (χ0) is 11.0. The van der Waals surface area contributed by atoms with Gasteiger partial charge in [0.2, 0.25) is 5.91 Å². The van der Waals surface area contributed by atoms with Crippen LogP contribution < -0.4 is 5.32 Å². The van der Waals surface area contributed by atoms with E-state index in [0.717, 1.165) is 5.04 Å². The Hall–Kier alpha value is -0.770. The van der Waals surface area contributed by atoms with Crippen molar-refractivity contribution in [3.8, 4) is 0 Å². The first kappa shape index (κ1) is 13.2. The fourth-order valence-electron chi connectivity index (χ4n) is 0.687. The summed E-state index contributed by atoms with van der Waals surface area (Å²) in [6.07, 6.45) is 1.94. The second-order valence-corrected chi connectivity index (χ2v) is 4.06. The van der Waals surface area contributed by atoms with Crippen molar-refractivity contribution < 1.29 is 4.79 Å². The van der Waals surface area contributed by atoms with Crippen molar-refractivity contribution in [3.05, 3.63) is 11.5 Å². The predicted octanol–water partition coefficient (Wildman–Crippen LogP) is 2.05. The number of carbonyl (C=O) groups is 1. The van der Waals surface area contributed by atoms with Gasteiger partial charge in [0.15, 0.2) is 0 Å². The van der Waals surface area contributed by atoms with Gasteiger partial charge in [0.05, 0.1) is 11.6 Å². The number of aliphatic imine (C=N–C) groups is 1. The van der Waals surface area contributed by atoms with Crippen molar-refractivity contribution in [2.75, 3.05) is 13.6 Å². The number of allylic oxidation sites excluding steroid dienone is 1. The minimum atomic E-state index is 0.0276. The van der Waals surface area contributed by atoms with Crippen molar-refractivity contribution in [2.24, 2.45) is 10.9 Å². The Bertz CT molecular complexity index is 234. The first-order valence-corrected chi connectivity index (χ1v) is 5.51. The Morgan fingerprint density at radius 2 is 2.21 bits per heavy atom. The molecule has 0 atom stereocenters. The molecule has 0 saturated heterocycles. The molecule has 0 aliphatic heterocycles. The quantitative estimate of drug-likeness (QED) is 0.575. The second-order valence-electron chi connectivity index (χ2n) is 3.08. The fourth-order valence-corrected chi connectivity index (χ4v) is 1.24. The summed E-state index contributed by atoms with van der Waals surface area (Å²) in [7, 11) is 1.73. The lowest BCUT2D eigenvalue weighted by Gasteiger charge is -2.07. The highest BCUT2D eigenvalue weighted by molar-refractivity contribution is 8.16. The van der Waals surface area contributed by atoms with Gasteiger partial charge in [-0.15, -0.1) is 0 Å². The maximum absolute atomic E-state index is 11.2. The molecule has 80 valence electrons. The van der Waals surface area contributed by atoms with Gasteiger partial charge >= 0.3 is 0 Å². The summed E-state index contributed by atoms with van der Waals surface area (Å²) < 4.78 is 0. The molecule has 1 N–H and O–H groups in total. The zero-order valence-electron chi connectivity index (χ0n) is 9.20. The molecule has 14 heavy (non-hydrogen) atoms. The van der Waals surface area contributed by atoms with Gasteiger partial charge in [-0.1, -0.05) is 31.7 Å². The first-order chi connectivity index (χ1) is 6.61. The molecule has 0 aliphatic rings. The summed E-state index contributed by atoms with van der Waals surface area (Å²) in [6, 6.07) is 0. The van der Waals surface area contributed by atoms with E-state index >= 15 is 0 Å². The maximum Gasteiger partial charge on any atom is 0.222 e. The molecule has 0 bridgehead atoms. The highest BCUT2D eigenvalue weighted by Gasteiger charge is 2.06. The Morgan fingerprint density at radius 1 is 1.57 bits per heavy atom. The largest absolute Gasteiger partial charge is 0.350 e. The van der Waals surface area contributed by atoms with E-state index < -0.39 is 0 Å². The van der Waals surface area contributed by atoms with Gasteiger partial charge in [0.25, 0.3) is 0 Å². The average molecular weight is 214 g/mol. The lowest BCUT2D eigenvalue weighted by molar-refractivity contribution is -0.123. The molecule has 0 saturated carbocycles. The van der Waals surface area contributed by atoms with E-state index in [-0.39, 0.29) is 11.8 Å². The van der Waals surface area contributed by atoms with Crippen molar-refractivity contribution in [3.63, 3.8) is 0 Å². The summed E-state index contributed by atoms with van der Waals surface area (Å²) >= 11 is 1.53. The number of hydrogen-bond acceptors (Lipinski definition) is 3. The van der Waals surface area contributed by atoms with Gasteiger partial charge in [0, 0.05) is 13.0 Å². The van der Waals surface area contributed by atoms with E-state index in [9.17, 15) is 4.79 Å². The maximum atomic E-state index is 11.2. The molecule has 0 spiro atoms. The van der Waals surface area contributed by atoms with E-state index in [2.05, 4.69) is 10.3 Å². The van der Waals surface area contributed by atoms with Crippen LogP contribution in [0.5, 0.6) is 0 Å². The molecule has 0 heterocycles. The smallest absolute Gasteiger partial charge is 0.222 e. The van der Waals surface area contributed by atoms with Gasteiger partial charge in [-0.3, -0.25) is 9.79 Å². The van der Waals surface area contributed by atoms with E-state index in [1.165, 1.54) is 11.8 Å². The summed E-state index contributed by atoms with van der Waals surface area (Å²) in [5.41, 5.74) is 0. The lowest BCUT2D eigenvalue weighted by Crippen LogP contribution is -2.31. The highest BCUT2D eigenvalue weighted by atomic mass is 32.2. The molecule has 0 aromatic carbocycles. The topological polar surface area (TPSA) is 41.5 Å². The summed E-state index contributed by atoms with van der Waals surface area (Å²) in [4.78, 5) is 15.3. The van der Waals surface area contributed by atoms with Crippen LogP contribution >= 0.6 is 11.8 Å². The van der Waals surface area contributed by atoms with Gasteiger partial charge in [-0.25, -0.2) is 0 Å². The predicted molar refractivity (Wildman–Crippen MR) is 63.6 cm³/mol. The third kappa shape index (κ3) is 5.80. The number of nitrogens with one attached hydrogen (secondary N) is 1. The minimum absolute atomic E-state index is 0.0276. The lowest BCUT2D eigenvalue weighted by atomic mass is 10.2. The van der Waals surface area contributed by atoms with Crippen molar-refractivity contribution in [1.82, 2.24) is 5.32 Å². The molecule has 0 unspecified atom stereocenters. The van der Waals surface area contributed by atoms with Crippen LogP contribution in [0.15, 0.2) is 16.5 Å². The molecular formula is C10H18N2OS. The molecule has 3 nitrogen and oxygen atoms in total. The number of hydrogen-bond donors (Lipinski definition) is 1. The molecule has 0 aliphatic carbocycles. The third-order valence-corrected chi connectivity index (χ3v) is 2.54. The Kier molecular flexibility index (Phi) is 7.20. The molecule has 0 aromatic rings. The monoisotopic (exact) mass is 214 g/mol. The number of thioether (sulfide) groups is 1. The van der Waals surface area contributed by atoms with Crippen molar-refractivity contribution >= 4 is 22.7 Å². The van der Waals surface area contributed by atoms with Gasteiger partial charge in [0.1, 0.15) is 0 Å². The molecule has 0 radical (unpaired) electrons. The van der Waals surface area contributed by atoms with Crippen LogP contribution in [-0.4, -0.2) is 24.5 Å². The minimum Gasteiger partial charge on any atom is -0.350 e. The number of nitrogens with zero attached hydrogens (tertiary/aromatic N) is 1. The van der Waals surface area contributed by atoms with Crippen LogP contribution in [0.3, 0.4) is 0 Å². The van der Waals surface area contributed by atoms with E-state index in [0.29, 0.717) is 6.54 Å². The highest BCUT2D eigenvalue weighted by Crippen LogP contribution is 2.04.